The lowest BCUT2D eigenvalue weighted by atomic mass is 9.99. The van der Waals surface area contributed by atoms with Gasteiger partial charge in [-0.05, 0) is 140 Å². The fourth-order valence-corrected chi connectivity index (χ4v) is 12.4. The molecule has 0 fully saturated rings. The summed E-state index contributed by atoms with van der Waals surface area (Å²) < 4.78 is 56.9. The average molecular weight is 851 g/mol. The summed E-state index contributed by atoms with van der Waals surface area (Å²) in [6, 6.07) is 5.85. The Bertz CT molecular complexity index is 2270. The fraction of sp³-hybridized carbons (Fsp3) is 0.619. The molecular weight excluding hydrogens is 789 g/mol. The van der Waals surface area contributed by atoms with Crippen LogP contribution in [0, 0.1) is 0 Å². The fourth-order valence-electron chi connectivity index (χ4n) is 8.95. The van der Waals surface area contributed by atoms with Crippen LogP contribution in [0.15, 0.2) is 12.1 Å². The van der Waals surface area contributed by atoms with Crippen LogP contribution in [0.2, 0.25) is 25.7 Å². The van der Waals surface area contributed by atoms with Crippen LogP contribution in [0.25, 0.3) is 0 Å². The van der Waals surface area contributed by atoms with Gasteiger partial charge in [-0.3, -0.25) is 9.67 Å². The maximum Gasteiger partial charge on any atom is 0.246 e. The van der Waals surface area contributed by atoms with E-state index in [-0.39, 0.29) is 29.7 Å². The molecule has 0 unspecified atom stereocenters. The van der Waals surface area contributed by atoms with Crippen LogP contribution >= 0.6 is 0 Å². The molecule has 2 aromatic heterocycles. The molecule has 0 saturated heterocycles. The highest BCUT2D eigenvalue weighted by atomic mass is 32.2. The van der Waals surface area contributed by atoms with Gasteiger partial charge in [0.1, 0.15) is 24.1 Å². The molecule has 4 aromatic rings. The lowest BCUT2D eigenvalue weighted by molar-refractivity contribution is 0.0868. The molecule has 13 nitrogen and oxygen atoms in total. The molecule has 16 heteroatoms. The number of aromatic nitrogens is 6. The Labute approximate surface area is 345 Å². The molecule has 0 atom stereocenters. The van der Waals surface area contributed by atoms with Crippen molar-refractivity contribution in [1.29, 1.82) is 0 Å². The van der Waals surface area contributed by atoms with Crippen LogP contribution in [-0.2, 0) is 94.0 Å². The number of nitrogens with one attached hydrogen (secondary N) is 3. The van der Waals surface area contributed by atoms with Gasteiger partial charge < -0.3 is 15.4 Å². The molecule has 316 valence electrons. The van der Waals surface area contributed by atoms with E-state index in [1.165, 1.54) is 81.6 Å². The molecule has 4 aliphatic rings. The van der Waals surface area contributed by atoms with E-state index in [1.807, 2.05) is 18.4 Å². The minimum absolute atomic E-state index is 0.0828. The summed E-state index contributed by atoms with van der Waals surface area (Å²) in [5.74, 6) is 2.03. The molecule has 3 N–H and O–H groups in total. The molecular formula is C42H62N8O5S2Si. The van der Waals surface area contributed by atoms with Crippen molar-refractivity contribution in [2.24, 2.45) is 0 Å². The molecule has 8 rings (SSSR count). The molecule has 0 saturated carbocycles. The average Bonchev–Trinajstić information content (AvgIpc) is 4.00. The van der Waals surface area contributed by atoms with E-state index in [4.69, 9.17) is 4.74 Å². The highest BCUT2D eigenvalue weighted by Crippen LogP contribution is 2.41. The first-order chi connectivity index (χ1) is 27.7. The van der Waals surface area contributed by atoms with Gasteiger partial charge in [0.25, 0.3) is 0 Å². The second-order valence-corrected chi connectivity index (χ2v) is 27.7. The van der Waals surface area contributed by atoms with Crippen molar-refractivity contribution < 1.29 is 21.6 Å². The van der Waals surface area contributed by atoms with E-state index in [2.05, 4.69) is 67.8 Å². The van der Waals surface area contributed by atoms with Gasteiger partial charge in [-0.15, -0.1) is 15.3 Å². The van der Waals surface area contributed by atoms with E-state index in [9.17, 15) is 16.8 Å². The lowest BCUT2D eigenvalue weighted by Gasteiger charge is -2.19. The number of ether oxygens (including phenoxy) is 1. The van der Waals surface area contributed by atoms with Crippen LogP contribution in [0.4, 0.5) is 23.3 Å². The number of benzene rings is 2. The molecule has 0 aliphatic heterocycles. The minimum Gasteiger partial charge on any atom is -0.361 e. The van der Waals surface area contributed by atoms with Gasteiger partial charge in [0.2, 0.25) is 11.9 Å². The zero-order chi connectivity index (χ0) is 41.1. The van der Waals surface area contributed by atoms with Crippen molar-refractivity contribution in [3.8, 4) is 0 Å². The Hall–Kier alpha value is -3.60. The van der Waals surface area contributed by atoms with Crippen molar-refractivity contribution in [3.05, 3.63) is 68.3 Å². The second-order valence-electron chi connectivity index (χ2n) is 17.7. The van der Waals surface area contributed by atoms with Gasteiger partial charge in [0, 0.05) is 26.1 Å². The zero-order valence-electron chi connectivity index (χ0n) is 35.1. The van der Waals surface area contributed by atoms with Gasteiger partial charge in [-0.25, -0.2) is 16.8 Å². The number of hydrogen-bond donors (Lipinski definition) is 3. The first-order valence-electron chi connectivity index (χ1n) is 21.4. The maximum atomic E-state index is 12.6. The topological polar surface area (TPSA) is 174 Å². The lowest BCUT2D eigenvalue weighted by Crippen LogP contribution is -2.22. The molecule has 0 bridgehead atoms. The number of hydrogen-bond acceptors (Lipinski definition) is 11. The summed E-state index contributed by atoms with van der Waals surface area (Å²) in [7, 11) is -7.58. The minimum atomic E-state index is -3.24. The summed E-state index contributed by atoms with van der Waals surface area (Å²) in [5, 5.41) is 22.6. The number of rotatable bonds is 17. The van der Waals surface area contributed by atoms with Crippen molar-refractivity contribution in [1.82, 2.24) is 29.9 Å². The SMILES string of the molecule is CCCS(=O)(=O)Cc1nc(Nc2c3c(cc4c2CCC4)CCC3)n[nH]1.CCCS(=O)(=O)Cc1nnc(Nc2c3c(cc4c2CCC4)CCC3)n1COCC[Si](C)(C)C. The van der Waals surface area contributed by atoms with Crippen LogP contribution in [0.5, 0.6) is 0 Å². The van der Waals surface area contributed by atoms with Crippen molar-refractivity contribution in [2.45, 2.75) is 148 Å². The highest BCUT2D eigenvalue weighted by molar-refractivity contribution is 7.90. The second kappa shape index (κ2) is 17.9. The number of H-pyrrole nitrogens is 1. The van der Waals surface area contributed by atoms with Gasteiger partial charge >= 0.3 is 0 Å². The monoisotopic (exact) mass is 850 g/mol. The van der Waals surface area contributed by atoms with Gasteiger partial charge in [-0.2, -0.15) is 4.98 Å². The maximum absolute atomic E-state index is 12.6. The molecule has 0 amide bonds. The normalized spacial score (nSPS) is 15.8. The zero-order valence-corrected chi connectivity index (χ0v) is 37.7. The van der Waals surface area contributed by atoms with Crippen molar-refractivity contribution >= 4 is 51.0 Å². The quantitative estimate of drug-likeness (QED) is 0.0710. The highest BCUT2D eigenvalue weighted by Gasteiger charge is 2.28. The van der Waals surface area contributed by atoms with Crippen LogP contribution in [-0.4, -0.2) is 73.0 Å². The van der Waals surface area contributed by atoms with Crippen molar-refractivity contribution in [2.75, 3.05) is 28.7 Å². The number of anilines is 4. The van der Waals surface area contributed by atoms with E-state index in [0.29, 0.717) is 43.0 Å². The molecule has 0 radical (unpaired) electrons. The standard InChI is InChI=1S/C24H38N4O3SSi.C18H24N4O2S/c1-5-13-32(29,30)16-22-26-27-24(28(22)17-31-12-14-33(2,3)4)25-23-20-10-6-8-18(20)15-19-9-7-11-21(19)23;1-2-9-25(23,24)11-16-19-18(22-21-16)20-17-14-7-3-5-12(14)10-13-6-4-8-15(13)17/h15H,5-14,16-17H2,1-4H3,(H,25,27);10H,2-9,11H2,1H3,(H2,19,20,21,22). The largest absolute Gasteiger partial charge is 0.361 e. The summed E-state index contributed by atoms with van der Waals surface area (Å²) in [5.41, 5.74) is 13.7. The first kappa shape index (κ1) is 42.5. The third-order valence-electron chi connectivity index (χ3n) is 11.7. The third kappa shape index (κ3) is 10.2. The van der Waals surface area contributed by atoms with E-state index in [0.717, 1.165) is 57.4 Å². The number of aromatic amines is 1. The van der Waals surface area contributed by atoms with Gasteiger partial charge in [0.15, 0.2) is 25.5 Å². The predicted octanol–water partition coefficient (Wildman–Crippen LogP) is 7.49. The third-order valence-corrected chi connectivity index (χ3v) is 16.9. The Kier molecular flexibility index (Phi) is 13.2. The number of aryl methyl sites for hydroxylation is 4. The molecule has 58 heavy (non-hydrogen) atoms. The van der Waals surface area contributed by atoms with E-state index in [1.54, 1.807) is 0 Å². The first-order valence-corrected chi connectivity index (χ1v) is 28.8. The summed E-state index contributed by atoms with van der Waals surface area (Å²) in [4.78, 5) is 4.37. The van der Waals surface area contributed by atoms with Crippen molar-refractivity contribution in [3.63, 3.8) is 0 Å². The summed E-state index contributed by atoms with van der Waals surface area (Å²) >= 11 is 0. The Balaban J connectivity index is 0.000000183. The molecule has 2 heterocycles. The summed E-state index contributed by atoms with van der Waals surface area (Å²) in [6.45, 7) is 11.6. The van der Waals surface area contributed by atoms with Gasteiger partial charge in [-0.1, -0.05) is 45.6 Å². The predicted molar refractivity (Wildman–Crippen MR) is 234 cm³/mol. The van der Waals surface area contributed by atoms with Crippen LogP contribution in [0.1, 0.15) is 109 Å². The number of nitrogens with zero attached hydrogens (tertiary/aromatic N) is 5. The molecule has 4 aliphatic carbocycles. The Morgan fingerprint density at radius 1 is 0.707 bits per heavy atom. The Morgan fingerprint density at radius 2 is 1.21 bits per heavy atom. The summed E-state index contributed by atoms with van der Waals surface area (Å²) in [6.07, 6.45) is 14.8. The van der Waals surface area contributed by atoms with Gasteiger partial charge in [0.05, 0.1) is 11.5 Å². The number of sulfone groups is 2. The van der Waals surface area contributed by atoms with E-state index >= 15 is 0 Å². The smallest absolute Gasteiger partial charge is 0.246 e. The van der Waals surface area contributed by atoms with Crippen LogP contribution in [0.3, 0.4) is 0 Å². The van der Waals surface area contributed by atoms with E-state index < -0.39 is 27.7 Å². The molecule has 0 spiro atoms. The number of fused-ring (bicyclic) bond motifs is 4. The Morgan fingerprint density at radius 3 is 1.71 bits per heavy atom. The molecule has 2 aromatic carbocycles. The van der Waals surface area contributed by atoms with Crippen LogP contribution < -0.4 is 10.6 Å².